The van der Waals surface area contributed by atoms with E-state index < -0.39 is 0 Å². The first-order valence-corrected chi connectivity index (χ1v) is 11.2. The van der Waals surface area contributed by atoms with E-state index in [-0.39, 0.29) is 18.2 Å². The fourth-order valence-electron chi connectivity index (χ4n) is 3.07. The molecule has 4 rings (SSSR count). The zero-order valence-electron chi connectivity index (χ0n) is 18.0. The fraction of sp³-hybridized carbons (Fsp3) is 0.125. The van der Waals surface area contributed by atoms with E-state index in [4.69, 9.17) is 16.0 Å². The SMILES string of the molecule is CN(C)c1ccc(/C=C2\S/C(=N/N=C\c3cc(Cl)ccc3O)N(Cc3ccco3)C2=O)cc1. The Labute approximate surface area is 200 Å². The first kappa shape index (κ1) is 22.7. The van der Waals surface area contributed by atoms with E-state index in [0.717, 1.165) is 11.3 Å². The number of halogens is 1. The second-order valence-electron chi connectivity index (χ2n) is 7.40. The molecule has 2 aromatic carbocycles. The quantitative estimate of drug-likeness (QED) is 0.297. The molecule has 3 aromatic rings. The third-order valence-corrected chi connectivity index (χ3v) is 6.05. The molecule has 0 saturated carbocycles. The Balaban J connectivity index is 1.62. The lowest BCUT2D eigenvalue weighted by Gasteiger charge is -2.12. The number of thioether (sulfide) groups is 1. The summed E-state index contributed by atoms with van der Waals surface area (Å²) in [5, 5.41) is 19.2. The van der Waals surface area contributed by atoms with Gasteiger partial charge in [-0.05, 0) is 65.9 Å². The Bertz CT molecular complexity index is 1240. The van der Waals surface area contributed by atoms with Crippen LogP contribution in [0.4, 0.5) is 5.69 Å². The molecule has 1 N–H and O–H groups in total. The summed E-state index contributed by atoms with van der Waals surface area (Å²) in [6, 6.07) is 16.1. The molecule has 0 spiro atoms. The summed E-state index contributed by atoms with van der Waals surface area (Å²) in [5.41, 5.74) is 2.40. The van der Waals surface area contributed by atoms with E-state index in [2.05, 4.69) is 10.2 Å². The molecule has 1 saturated heterocycles. The van der Waals surface area contributed by atoms with Gasteiger partial charge in [-0.1, -0.05) is 23.7 Å². The molecule has 0 unspecified atom stereocenters. The van der Waals surface area contributed by atoms with Crippen molar-refractivity contribution in [2.45, 2.75) is 6.54 Å². The van der Waals surface area contributed by atoms with Crippen LogP contribution in [0.5, 0.6) is 5.75 Å². The Morgan fingerprint density at radius 1 is 1.18 bits per heavy atom. The van der Waals surface area contributed by atoms with E-state index in [0.29, 0.717) is 26.4 Å². The van der Waals surface area contributed by atoms with Crippen molar-refractivity contribution in [3.63, 3.8) is 0 Å². The molecule has 1 aliphatic rings. The third kappa shape index (κ3) is 5.47. The highest BCUT2D eigenvalue weighted by Crippen LogP contribution is 2.34. The number of hydrogen-bond donors (Lipinski definition) is 1. The third-order valence-electron chi connectivity index (χ3n) is 4.82. The van der Waals surface area contributed by atoms with Gasteiger partial charge in [0.1, 0.15) is 11.5 Å². The summed E-state index contributed by atoms with van der Waals surface area (Å²) in [7, 11) is 3.95. The largest absolute Gasteiger partial charge is 0.507 e. The summed E-state index contributed by atoms with van der Waals surface area (Å²) in [5.74, 6) is 0.477. The van der Waals surface area contributed by atoms with Gasteiger partial charge in [0.2, 0.25) is 0 Å². The van der Waals surface area contributed by atoms with Crippen LogP contribution in [0.1, 0.15) is 16.9 Å². The predicted molar refractivity (Wildman–Crippen MR) is 134 cm³/mol. The Morgan fingerprint density at radius 2 is 1.97 bits per heavy atom. The van der Waals surface area contributed by atoms with Gasteiger partial charge in [0.15, 0.2) is 5.17 Å². The zero-order chi connectivity index (χ0) is 23.4. The summed E-state index contributed by atoms with van der Waals surface area (Å²) in [6.07, 6.45) is 4.78. The highest BCUT2D eigenvalue weighted by atomic mass is 35.5. The van der Waals surface area contributed by atoms with Gasteiger partial charge in [-0.25, -0.2) is 0 Å². The van der Waals surface area contributed by atoms with Crippen LogP contribution in [-0.4, -0.2) is 41.4 Å². The lowest BCUT2D eigenvalue weighted by atomic mass is 10.2. The van der Waals surface area contributed by atoms with Gasteiger partial charge in [0.05, 0.1) is 23.9 Å². The lowest BCUT2D eigenvalue weighted by Crippen LogP contribution is -2.28. The second-order valence-corrected chi connectivity index (χ2v) is 8.84. The normalized spacial score (nSPS) is 16.5. The maximum Gasteiger partial charge on any atom is 0.267 e. The molecular weight excluding hydrogens is 460 g/mol. The minimum Gasteiger partial charge on any atom is -0.507 e. The van der Waals surface area contributed by atoms with Gasteiger partial charge < -0.3 is 14.4 Å². The molecule has 0 radical (unpaired) electrons. The number of amides is 1. The highest BCUT2D eigenvalue weighted by Gasteiger charge is 2.34. The van der Waals surface area contributed by atoms with E-state index in [1.54, 1.807) is 30.5 Å². The summed E-state index contributed by atoms with van der Waals surface area (Å²) >= 11 is 7.21. The van der Waals surface area contributed by atoms with Crippen molar-refractivity contribution < 1.29 is 14.3 Å². The van der Waals surface area contributed by atoms with Gasteiger partial charge in [-0.15, -0.1) is 5.10 Å². The molecule has 1 aliphatic heterocycles. The van der Waals surface area contributed by atoms with Crippen molar-refractivity contribution in [2.75, 3.05) is 19.0 Å². The van der Waals surface area contributed by atoms with Crippen LogP contribution in [0, 0.1) is 0 Å². The lowest BCUT2D eigenvalue weighted by molar-refractivity contribution is -0.122. The molecule has 0 bridgehead atoms. The van der Waals surface area contributed by atoms with Crippen LogP contribution in [0.15, 0.2) is 80.4 Å². The van der Waals surface area contributed by atoms with Crippen molar-refractivity contribution in [2.24, 2.45) is 10.2 Å². The number of amidine groups is 1. The van der Waals surface area contributed by atoms with Gasteiger partial charge >= 0.3 is 0 Å². The molecule has 7 nitrogen and oxygen atoms in total. The number of rotatable bonds is 6. The average molecular weight is 481 g/mol. The summed E-state index contributed by atoms with van der Waals surface area (Å²) in [4.78, 5) is 17.2. The zero-order valence-corrected chi connectivity index (χ0v) is 19.5. The maximum atomic E-state index is 13.2. The molecule has 1 aromatic heterocycles. The van der Waals surface area contributed by atoms with Crippen molar-refractivity contribution in [1.82, 2.24) is 4.90 Å². The van der Waals surface area contributed by atoms with Crippen LogP contribution < -0.4 is 4.90 Å². The number of aromatic hydroxyl groups is 1. The van der Waals surface area contributed by atoms with E-state index in [1.807, 2.05) is 49.3 Å². The number of carbonyl (C=O) groups excluding carboxylic acids is 1. The number of phenols is 1. The van der Waals surface area contributed by atoms with Crippen LogP contribution in [-0.2, 0) is 11.3 Å². The average Bonchev–Trinajstić information content (AvgIpc) is 3.41. The molecule has 1 fully saturated rings. The Hall–Kier alpha value is -3.49. The highest BCUT2D eigenvalue weighted by molar-refractivity contribution is 8.18. The minimum atomic E-state index is -0.187. The number of nitrogens with zero attached hydrogens (tertiary/aromatic N) is 4. The molecule has 2 heterocycles. The van der Waals surface area contributed by atoms with Crippen molar-refractivity contribution in [3.05, 3.63) is 87.7 Å². The van der Waals surface area contributed by atoms with Crippen LogP contribution in [0.2, 0.25) is 5.02 Å². The molecule has 9 heteroatoms. The maximum absolute atomic E-state index is 13.2. The number of carbonyl (C=O) groups is 1. The van der Waals surface area contributed by atoms with Crippen molar-refractivity contribution in [1.29, 1.82) is 0 Å². The number of benzene rings is 2. The Kier molecular flexibility index (Phi) is 6.86. The summed E-state index contributed by atoms with van der Waals surface area (Å²) in [6.45, 7) is 0.229. The van der Waals surface area contributed by atoms with Crippen molar-refractivity contribution >= 4 is 52.4 Å². The number of phenolic OH excluding ortho intramolecular Hbond substituents is 1. The number of hydrogen-bond acceptors (Lipinski definition) is 7. The second kappa shape index (κ2) is 9.97. The van der Waals surface area contributed by atoms with Crippen molar-refractivity contribution in [3.8, 4) is 5.75 Å². The van der Waals surface area contributed by atoms with Gasteiger partial charge in [-0.3, -0.25) is 9.69 Å². The predicted octanol–water partition coefficient (Wildman–Crippen LogP) is 5.21. The van der Waals surface area contributed by atoms with Gasteiger partial charge in [0, 0.05) is 30.4 Å². The topological polar surface area (TPSA) is 81.6 Å². The minimum absolute atomic E-state index is 0.0349. The molecule has 33 heavy (non-hydrogen) atoms. The summed E-state index contributed by atoms with van der Waals surface area (Å²) < 4.78 is 5.42. The fourth-order valence-corrected chi connectivity index (χ4v) is 4.19. The van der Waals surface area contributed by atoms with Gasteiger partial charge in [0.25, 0.3) is 5.91 Å². The standard InChI is InChI=1S/C24H21ClN4O3S/c1-28(2)19-8-5-16(6-9-19)12-22-23(31)29(15-20-4-3-11-32-20)24(33-22)27-26-14-17-13-18(25)7-10-21(17)30/h3-14,30H,15H2,1-2H3/b22-12-,26-14-,27-24+. The smallest absolute Gasteiger partial charge is 0.267 e. The number of anilines is 1. The molecule has 0 aliphatic carbocycles. The molecule has 1 amide bonds. The Morgan fingerprint density at radius 3 is 2.67 bits per heavy atom. The van der Waals surface area contributed by atoms with Gasteiger partial charge in [-0.2, -0.15) is 5.10 Å². The van der Waals surface area contributed by atoms with E-state index in [9.17, 15) is 9.90 Å². The van der Waals surface area contributed by atoms with E-state index >= 15 is 0 Å². The first-order chi connectivity index (χ1) is 15.9. The number of furan rings is 1. The molecule has 0 atom stereocenters. The monoisotopic (exact) mass is 480 g/mol. The van der Waals surface area contributed by atoms with Crippen LogP contribution in [0.25, 0.3) is 6.08 Å². The molecular formula is C24H21ClN4O3S. The van der Waals surface area contributed by atoms with Crippen LogP contribution in [0.3, 0.4) is 0 Å². The first-order valence-electron chi connectivity index (χ1n) is 10.0. The molecule has 168 valence electrons. The van der Waals surface area contributed by atoms with Crippen LogP contribution >= 0.6 is 23.4 Å². The van der Waals surface area contributed by atoms with E-state index in [1.165, 1.54) is 28.9 Å².